The molecular weight excluding hydrogens is 389 g/mol. The van der Waals surface area contributed by atoms with Crippen molar-refractivity contribution in [2.75, 3.05) is 5.32 Å². The van der Waals surface area contributed by atoms with Gasteiger partial charge < -0.3 is 5.32 Å². The second-order valence-electron chi connectivity index (χ2n) is 6.42. The first-order valence-corrected chi connectivity index (χ1v) is 8.55. The number of para-hydroxylation sites is 1. The fourth-order valence-electron chi connectivity index (χ4n) is 3.45. The molecule has 1 N–H and O–H groups in total. The summed E-state index contributed by atoms with van der Waals surface area (Å²) in [5.74, 6) is -0.110. The number of benzene rings is 1. The minimum Gasteiger partial charge on any atom is -0.319 e. The summed E-state index contributed by atoms with van der Waals surface area (Å²) < 4.78 is 4.15. The van der Waals surface area contributed by atoms with Crippen molar-refractivity contribution < 1.29 is 42.2 Å². The molecule has 127 valence electrons. The first-order valence-electron chi connectivity index (χ1n) is 8.55. The molecule has 5 nitrogen and oxygen atoms in total. The van der Waals surface area contributed by atoms with Gasteiger partial charge in [0, 0.05) is 38.8 Å². The minimum atomic E-state index is -0.110. The van der Waals surface area contributed by atoms with Crippen molar-refractivity contribution in [1.82, 2.24) is 4.68 Å². The van der Waals surface area contributed by atoms with Gasteiger partial charge in [0.2, 0.25) is 6.54 Å². The standard InChI is InChI=1S/C19H22N4O.Y/c1-15-7-5-8-16(13-20)19(15)21-18(24)14-22-11-6-12-23(22)17-9-3-2-4-10-17;/h5-8,11-12,17H,2-4,9-10,14H2,1H3;/p+1. The molecule has 0 atom stereocenters. The van der Waals surface area contributed by atoms with Gasteiger partial charge in [-0.3, -0.25) is 4.79 Å². The van der Waals surface area contributed by atoms with Crippen molar-refractivity contribution in [3.63, 3.8) is 0 Å². The minimum absolute atomic E-state index is 0. The van der Waals surface area contributed by atoms with Crippen LogP contribution in [0.2, 0.25) is 0 Å². The number of aryl methyl sites for hydroxylation is 1. The molecule has 25 heavy (non-hydrogen) atoms. The predicted molar refractivity (Wildman–Crippen MR) is 91.3 cm³/mol. The van der Waals surface area contributed by atoms with Crippen molar-refractivity contribution in [3.05, 3.63) is 47.8 Å². The maximum atomic E-state index is 12.5. The summed E-state index contributed by atoms with van der Waals surface area (Å²) >= 11 is 0. The number of nitrogens with zero attached hydrogens (tertiary/aromatic N) is 3. The Morgan fingerprint density at radius 1 is 1.32 bits per heavy atom. The van der Waals surface area contributed by atoms with E-state index in [0.29, 0.717) is 17.3 Å². The quantitative estimate of drug-likeness (QED) is 0.785. The largest absolute Gasteiger partial charge is 0.319 e. The smallest absolute Gasteiger partial charge is 0.292 e. The van der Waals surface area contributed by atoms with Crippen molar-refractivity contribution in [3.8, 4) is 6.07 Å². The van der Waals surface area contributed by atoms with E-state index in [4.69, 9.17) is 0 Å². The van der Waals surface area contributed by atoms with E-state index >= 15 is 0 Å². The first-order chi connectivity index (χ1) is 11.7. The van der Waals surface area contributed by atoms with E-state index in [2.05, 4.69) is 22.3 Å². The van der Waals surface area contributed by atoms with Crippen molar-refractivity contribution >= 4 is 11.6 Å². The zero-order valence-electron chi connectivity index (χ0n) is 14.6. The number of nitriles is 1. The fraction of sp³-hybridized carbons (Fsp3) is 0.421. The third-order valence-corrected chi connectivity index (χ3v) is 4.71. The summed E-state index contributed by atoms with van der Waals surface area (Å²) in [7, 11) is 0. The number of carbonyl (C=O) groups is 1. The van der Waals surface area contributed by atoms with Gasteiger partial charge in [0.15, 0.2) is 6.20 Å². The van der Waals surface area contributed by atoms with Crippen LogP contribution in [-0.2, 0) is 44.0 Å². The average molecular weight is 412 g/mol. The number of carbonyl (C=O) groups excluding carboxylic acids is 1. The molecule has 6 heteroatoms. The molecule has 0 bridgehead atoms. The Morgan fingerprint density at radius 2 is 2.08 bits per heavy atom. The number of amides is 1. The molecule has 1 aromatic heterocycles. The predicted octanol–water partition coefficient (Wildman–Crippen LogP) is 3.10. The maximum Gasteiger partial charge on any atom is 0.292 e. The topological polar surface area (TPSA) is 61.7 Å². The Balaban J connectivity index is 0.00000225. The number of nitrogens with one attached hydrogen (secondary N) is 1. The van der Waals surface area contributed by atoms with Gasteiger partial charge in [-0.15, -0.1) is 4.68 Å². The van der Waals surface area contributed by atoms with Crippen LogP contribution in [0.5, 0.6) is 0 Å². The maximum absolute atomic E-state index is 12.5. The number of rotatable bonds is 4. The molecular formula is C19H23N4OY+. The second-order valence-corrected chi connectivity index (χ2v) is 6.42. The molecule has 1 aromatic carbocycles. The van der Waals surface area contributed by atoms with Crippen LogP contribution in [0.15, 0.2) is 36.7 Å². The van der Waals surface area contributed by atoms with E-state index < -0.39 is 0 Å². The van der Waals surface area contributed by atoms with Crippen LogP contribution in [0.1, 0.15) is 49.3 Å². The van der Waals surface area contributed by atoms with Crippen LogP contribution in [0.3, 0.4) is 0 Å². The Morgan fingerprint density at radius 3 is 2.80 bits per heavy atom. The molecule has 0 saturated heterocycles. The third kappa shape index (κ3) is 4.77. The summed E-state index contributed by atoms with van der Waals surface area (Å²) in [6, 6.07) is 10.0. The Kier molecular flexibility index (Phi) is 7.34. The van der Waals surface area contributed by atoms with E-state index in [-0.39, 0.29) is 45.2 Å². The van der Waals surface area contributed by atoms with Gasteiger partial charge in [-0.1, -0.05) is 31.4 Å². The monoisotopic (exact) mass is 412 g/mol. The van der Waals surface area contributed by atoms with Crippen LogP contribution in [0.4, 0.5) is 5.69 Å². The Bertz CT molecular complexity index is 772. The van der Waals surface area contributed by atoms with Crippen molar-refractivity contribution in [2.24, 2.45) is 0 Å². The van der Waals surface area contributed by atoms with Gasteiger partial charge in [-0.05, 0) is 31.4 Å². The Labute approximate surface area is 173 Å². The fourth-order valence-corrected chi connectivity index (χ4v) is 3.45. The normalized spacial score (nSPS) is 14.4. The van der Waals surface area contributed by atoms with E-state index in [1.807, 2.05) is 36.0 Å². The molecule has 0 spiro atoms. The first kappa shape index (κ1) is 19.8. The summed E-state index contributed by atoms with van der Waals surface area (Å²) in [5.41, 5.74) is 2.01. The molecule has 3 rings (SSSR count). The molecule has 1 aliphatic carbocycles. The van der Waals surface area contributed by atoms with E-state index in [1.54, 1.807) is 6.07 Å². The van der Waals surface area contributed by atoms with E-state index in [9.17, 15) is 10.1 Å². The molecule has 1 aliphatic rings. The van der Waals surface area contributed by atoms with Crippen molar-refractivity contribution in [2.45, 2.75) is 51.6 Å². The molecule has 0 aliphatic heterocycles. The summed E-state index contributed by atoms with van der Waals surface area (Å²) in [6.07, 6.45) is 10.2. The SMILES string of the molecule is Cc1cccc(C#N)c1NC(=O)C[n+]1cccn1C1CCCCC1.[Y]. The molecule has 1 radical (unpaired) electrons. The third-order valence-electron chi connectivity index (χ3n) is 4.71. The molecule has 2 aromatic rings. The van der Waals surface area contributed by atoms with Crippen LogP contribution in [0, 0.1) is 18.3 Å². The number of hydrogen-bond acceptors (Lipinski definition) is 2. The zero-order valence-corrected chi connectivity index (χ0v) is 17.4. The van der Waals surface area contributed by atoms with Gasteiger partial charge in [0.1, 0.15) is 6.07 Å². The summed E-state index contributed by atoms with van der Waals surface area (Å²) in [5, 5.41) is 12.1. The number of aromatic nitrogens is 2. The van der Waals surface area contributed by atoms with Crippen LogP contribution >= 0.6 is 0 Å². The summed E-state index contributed by atoms with van der Waals surface area (Å²) in [6.45, 7) is 2.15. The van der Waals surface area contributed by atoms with Crippen LogP contribution < -0.4 is 10.00 Å². The van der Waals surface area contributed by atoms with Crippen LogP contribution in [-0.4, -0.2) is 10.6 Å². The molecule has 0 unspecified atom stereocenters. The van der Waals surface area contributed by atoms with Gasteiger partial charge in [-0.25, -0.2) is 0 Å². The summed E-state index contributed by atoms with van der Waals surface area (Å²) in [4.78, 5) is 12.5. The van der Waals surface area contributed by atoms with Gasteiger partial charge in [0.05, 0.1) is 23.5 Å². The van der Waals surface area contributed by atoms with E-state index in [1.165, 1.54) is 32.1 Å². The van der Waals surface area contributed by atoms with Gasteiger partial charge >= 0.3 is 0 Å². The Hall–Kier alpha value is -1.51. The number of hydrogen-bond donors (Lipinski definition) is 1. The zero-order chi connectivity index (χ0) is 16.9. The second kappa shape index (κ2) is 9.26. The average Bonchev–Trinajstić information content (AvgIpc) is 3.05. The number of anilines is 1. The van der Waals surface area contributed by atoms with Gasteiger partial charge in [-0.2, -0.15) is 9.94 Å². The van der Waals surface area contributed by atoms with Crippen molar-refractivity contribution in [1.29, 1.82) is 5.26 Å². The molecule has 1 heterocycles. The van der Waals surface area contributed by atoms with E-state index in [0.717, 1.165) is 5.56 Å². The molecule has 1 fully saturated rings. The molecule has 1 amide bonds. The van der Waals surface area contributed by atoms with Gasteiger partial charge in [0.25, 0.3) is 5.91 Å². The van der Waals surface area contributed by atoms with Crippen LogP contribution in [0.25, 0.3) is 0 Å². The molecule has 1 saturated carbocycles.